The Bertz CT molecular complexity index is 1000. The first kappa shape index (κ1) is 22.1. The average Bonchev–Trinajstić information content (AvgIpc) is 3.22. The topological polar surface area (TPSA) is 84.5 Å². The second-order valence-corrected chi connectivity index (χ2v) is 8.70. The van der Waals surface area contributed by atoms with Crippen LogP contribution in [0.2, 0.25) is 0 Å². The highest BCUT2D eigenvalue weighted by atomic mass is 32.2. The summed E-state index contributed by atoms with van der Waals surface area (Å²) in [5.74, 6) is -0.368. The lowest BCUT2D eigenvalue weighted by Crippen LogP contribution is -2.40. The van der Waals surface area contributed by atoms with E-state index in [1.54, 1.807) is 0 Å². The fraction of sp³-hybridized carbons (Fsp3) is 0.350. The third-order valence-electron chi connectivity index (χ3n) is 4.75. The number of amides is 1. The Morgan fingerprint density at radius 1 is 1.17 bits per heavy atom. The van der Waals surface area contributed by atoms with Crippen molar-refractivity contribution in [1.82, 2.24) is 5.32 Å². The van der Waals surface area contributed by atoms with E-state index in [1.807, 2.05) is 6.92 Å². The normalized spacial score (nSPS) is 18.1. The quantitative estimate of drug-likeness (QED) is 0.713. The molecule has 30 heavy (non-hydrogen) atoms. The Kier molecular flexibility index (Phi) is 6.37. The molecule has 2 atom stereocenters. The van der Waals surface area contributed by atoms with E-state index in [4.69, 9.17) is 4.74 Å². The van der Waals surface area contributed by atoms with Gasteiger partial charge in [0.1, 0.15) is 0 Å². The molecule has 162 valence electrons. The van der Waals surface area contributed by atoms with Crippen LogP contribution in [0.3, 0.4) is 0 Å². The lowest BCUT2D eigenvalue weighted by Gasteiger charge is -2.20. The van der Waals surface area contributed by atoms with Gasteiger partial charge in [-0.05, 0) is 62.2 Å². The minimum absolute atomic E-state index is 0.0507. The molecule has 1 heterocycles. The smallest absolute Gasteiger partial charge is 0.376 e. The molecule has 2 aromatic rings. The molecule has 1 amide bonds. The van der Waals surface area contributed by atoms with E-state index in [9.17, 15) is 26.4 Å². The maximum absolute atomic E-state index is 12.8. The van der Waals surface area contributed by atoms with Crippen molar-refractivity contribution in [1.29, 1.82) is 0 Å². The summed E-state index contributed by atoms with van der Waals surface area (Å²) in [6.45, 7) is 2.50. The lowest BCUT2D eigenvalue weighted by atomic mass is 10.1. The van der Waals surface area contributed by atoms with Gasteiger partial charge in [-0.15, -0.1) is 0 Å². The van der Waals surface area contributed by atoms with Crippen LogP contribution in [0.5, 0.6) is 0 Å². The van der Waals surface area contributed by atoms with E-state index in [0.29, 0.717) is 12.7 Å². The largest absolute Gasteiger partial charge is 0.416 e. The minimum atomic E-state index is -4.59. The Morgan fingerprint density at radius 2 is 1.87 bits per heavy atom. The van der Waals surface area contributed by atoms with Crippen LogP contribution in [0, 0.1) is 0 Å². The van der Waals surface area contributed by atoms with Gasteiger partial charge in [-0.25, -0.2) is 8.42 Å². The number of anilines is 1. The van der Waals surface area contributed by atoms with Gasteiger partial charge in [0.25, 0.3) is 15.9 Å². The number of halogens is 3. The Balaban J connectivity index is 1.69. The number of carbonyl (C=O) groups is 1. The van der Waals surface area contributed by atoms with Gasteiger partial charge < -0.3 is 10.1 Å². The van der Waals surface area contributed by atoms with Crippen molar-refractivity contribution in [2.45, 2.75) is 43.0 Å². The monoisotopic (exact) mass is 442 g/mol. The number of alkyl halides is 3. The van der Waals surface area contributed by atoms with Gasteiger partial charge in [0.2, 0.25) is 0 Å². The summed E-state index contributed by atoms with van der Waals surface area (Å²) in [5.41, 5.74) is -0.912. The molecule has 1 aliphatic rings. The number of rotatable bonds is 6. The van der Waals surface area contributed by atoms with Crippen LogP contribution in [0.15, 0.2) is 53.4 Å². The summed E-state index contributed by atoms with van der Waals surface area (Å²) in [6, 6.07) is 8.85. The summed E-state index contributed by atoms with van der Waals surface area (Å²) in [4.78, 5) is 12.2. The molecule has 1 aliphatic heterocycles. The maximum atomic E-state index is 12.8. The first-order valence-electron chi connectivity index (χ1n) is 9.29. The van der Waals surface area contributed by atoms with E-state index in [-0.39, 0.29) is 34.2 Å². The molecular weight excluding hydrogens is 421 g/mol. The zero-order valence-corrected chi connectivity index (χ0v) is 16.9. The molecule has 0 saturated carbocycles. The average molecular weight is 442 g/mol. The molecule has 0 bridgehead atoms. The standard InChI is InChI=1S/C20H21F3N2O4S/c1-13(18-6-3-11-29-18)24-19(26)14-7-9-17(10-8-14)30(27,28)25-16-5-2-4-15(12-16)20(21,22)23/h2,4-5,7-10,12-13,18,25H,3,6,11H2,1H3,(H,24,26). The van der Waals surface area contributed by atoms with Gasteiger partial charge in [-0.3, -0.25) is 9.52 Å². The van der Waals surface area contributed by atoms with Crippen LogP contribution in [-0.4, -0.2) is 33.1 Å². The number of carbonyl (C=O) groups excluding carboxylic acids is 1. The highest BCUT2D eigenvalue weighted by Crippen LogP contribution is 2.31. The van der Waals surface area contributed by atoms with Crippen LogP contribution in [-0.2, 0) is 20.9 Å². The number of hydrogen-bond donors (Lipinski definition) is 2. The first-order valence-corrected chi connectivity index (χ1v) is 10.8. The Hall–Kier alpha value is -2.59. The predicted molar refractivity (Wildman–Crippen MR) is 105 cm³/mol. The molecule has 2 aromatic carbocycles. The number of ether oxygens (including phenoxy) is 1. The third-order valence-corrected chi connectivity index (χ3v) is 6.15. The zero-order valence-electron chi connectivity index (χ0n) is 16.1. The molecule has 3 rings (SSSR count). The van der Waals surface area contributed by atoms with Gasteiger partial charge in [0.15, 0.2) is 0 Å². The predicted octanol–water partition coefficient (Wildman–Crippen LogP) is 3.80. The van der Waals surface area contributed by atoms with E-state index < -0.39 is 21.8 Å². The zero-order chi connectivity index (χ0) is 21.9. The van der Waals surface area contributed by atoms with E-state index in [2.05, 4.69) is 10.0 Å². The highest BCUT2D eigenvalue weighted by Gasteiger charge is 2.31. The first-order chi connectivity index (χ1) is 14.1. The molecule has 1 saturated heterocycles. The highest BCUT2D eigenvalue weighted by molar-refractivity contribution is 7.92. The molecule has 10 heteroatoms. The SMILES string of the molecule is CC(NC(=O)c1ccc(S(=O)(=O)Nc2cccc(C(F)(F)F)c2)cc1)C1CCCO1. The summed E-state index contributed by atoms with van der Waals surface area (Å²) in [6.07, 6.45) is -2.84. The van der Waals surface area contributed by atoms with Crippen LogP contribution in [0.1, 0.15) is 35.7 Å². The van der Waals surface area contributed by atoms with Gasteiger partial charge in [0, 0.05) is 17.9 Å². The van der Waals surface area contributed by atoms with Crippen LogP contribution < -0.4 is 10.0 Å². The van der Waals surface area contributed by atoms with Crippen molar-refractivity contribution in [3.8, 4) is 0 Å². The maximum Gasteiger partial charge on any atom is 0.416 e. The van der Waals surface area contributed by atoms with Crippen LogP contribution >= 0.6 is 0 Å². The summed E-state index contributed by atoms with van der Waals surface area (Å²) < 4.78 is 71.1. The van der Waals surface area contributed by atoms with E-state index in [1.165, 1.54) is 30.3 Å². The Labute approximate surface area is 172 Å². The summed E-state index contributed by atoms with van der Waals surface area (Å²) in [5, 5.41) is 2.82. The molecule has 1 fully saturated rings. The molecule has 2 N–H and O–H groups in total. The number of sulfonamides is 1. The second-order valence-electron chi connectivity index (χ2n) is 7.02. The molecule has 2 unspecified atom stereocenters. The summed E-state index contributed by atoms with van der Waals surface area (Å²) in [7, 11) is -4.12. The van der Waals surface area contributed by atoms with Crippen molar-refractivity contribution in [2.24, 2.45) is 0 Å². The molecule has 0 aromatic heterocycles. The third kappa shape index (κ3) is 5.31. The molecule has 0 aliphatic carbocycles. The number of hydrogen-bond acceptors (Lipinski definition) is 4. The number of nitrogens with one attached hydrogen (secondary N) is 2. The Morgan fingerprint density at radius 3 is 2.47 bits per heavy atom. The second kappa shape index (κ2) is 8.65. The van der Waals surface area contributed by atoms with Crippen molar-refractivity contribution >= 4 is 21.6 Å². The molecule has 6 nitrogen and oxygen atoms in total. The van der Waals surface area contributed by atoms with Gasteiger partial charge >= 0.3 is 6.18 Å². The van der Waals surface area contributed by atoms with Crippen LogP contribution in [0.25, 0.3) is 0 Å². The van der Waals surface area contributed by atoms with E-state index in [0.717, 1.165) is 25.0 Å². The molecular formula is C20H21F3N2O4S. The van der Waals surface area contributed by atoms with Crippen molar-refractivity contribution < 1.29 is 31.1 Å². The van der Waals surface area contributed by atoms with Crippen LogP contribution in [0.4, 0.5) is 18.9 Å². The van der Waals surface area contributed by atoms with Crippen molar-refractivity contribution in [2.75, 3.05) is 11.3 Å². The minimum Gasteiger partial charge on any atom is -0.376 e. The fourth-order valence-electron chi connectivity index (χ4n) is 3.14. The van der Waals surface area contributed by atoms with Gasteiger partial charge in [-0.1, -0.05) is 6.07 Å². The number of benzene rings is 2. The molecule has 0 radical (unpaired) electrons. The molecule has 0 spiro atoms. The van der Waals surface area contributed by atoms with Crippen molar-refractivity contribution in [3.05, 3.63) is 59.7 Å². The lowest BCUT2D eigenvalue weighted by molar-refractivity contribution is -0.137. The van der Waals surface area contributed by atoms with Crippen molar-refractivity contribution in [3.63, 3.8) is 0 Å². The summed E-state index contributed by atoms with van der Waals surface area (Å²) >= 11 is 0. The van der Waals surface area contributed by atoms with Gasteiger partial charge in [0.05, 0.1) is 22.6 Å². The van der Waals surface area contributed by atoms with Gasteiger partial charge in [-0.2, -0.15) is 13.2 Å². The van der Waals surface area contributed by atoms with E-state index >= 15 is 0 Å². The fourth-order valence-corrected chi connectivity index (χ4v) is 4.19.